The van der Waals surface area contributed by atoms with E-state index in [0.29, 0.717) is 6.54 Å². The molecule has 0 fully saturated rings. The van der Waals surface area contributed by atoms with Gasteiger partial charge >= 0.3 is 0 Å². The number of aliphatic hydroxyl groups is 1. The molecule has 0 bridgehead atoms. The summed E-state index contributed by atoms with van der Waals surface area (Å²) in [5.41, 5.74) is 2.42. The zero-order valence-electron chi connectivity index (χ0n) is 11.2. The fourth-order valence-electron chi connectivity index (χ4n) is 1.87. The number of hydrogen-bond acceptors (Lipinski definition) is 3. The van der Waals surface area contributed by atoms with Gasteiger partial charge < -0.3 is 15.3 Å². The topological polar surface area (TPSA) is 35.5 Å². The summed E-state index contributed by atoms with van der Waals surface area (Å²) in [6.07, 6.45) is 1.15. The molecular formula is C14H23BrN2O. The maximum absolute atomic E-state index is 9.03. The number of rotatable bonds is 8. The van der Waals surface area contributed by atoms with Crippen molar-refractivity contribution in [3.8, 4) is 0 Å². The SMILES string of the molecule is CCCNCc1ccc(N(CC)CCO)cc1Br. The molecule has 2 N–H and O–H groups in total. The summed E-state index contributed by atoms with van der Waals surface area (Å²) in [7, 11) is 0. The van der Waals surface area contributed by atoms with E-state index >= 15 is 0 Å². The molecule has 3 nitrogen and oxygen atoms in total. The van der Waals surface area contributed by atoms with Crippen molar-refractivity contribution in [2.75, 3.05) is 31.1 Å². The Kier molecular flexibility index (Phi) is 7.32. The largest absolute Gasteiger partial charge is 0.395 e. The van der Waals surface area contributed by atoms with Crippen LogP contribution in [0.25, 0.3) is 0 Å². The molecule has 0 atom stereocenters. The van der Waals surface area contributed by atoms with Crippen molar-refractivity contribution in [3.63, 3.8) is 0 Å². The van der Waals surface area contributed by atoms with Crippen LogP contribution >= 0.6 is 15.9 Å². The quantitative estimate of drug-likeness (QED) is 0.724. The Balaban J connectivity index is 2.71. The van der Waals surface area contributed by atoms with E-state index in [9.17, 15) is 0 Å². The maximum Gasteiger partial charge on any atom is 0.0606 e. The molecule has 0 unspecified atom stereocenters. The standard InChI is InChI=1S/C14H23BrN2O/c1-3-7-16-11-12-5-6-13(10-14(12)15)17(4-2)8-9-18/h5-6,10,16,18H,3-4,7-9,11H2,1-2H3. The number of benzene rings is 1. The van der Waals surface area contributed by atoms with Gasteiger partial charge in [0.05, 0.1) is 6.61 Å². The monoisotopic (exact) mass is 314 g/mol. The van der Waals surface area contributed by atoms with Gasteiger partial charge in [0, 0.05) is 29.8 Å². The Morgan fingerprint density at radius 1 is 1.33 bits per heavy atom. The summed E-state index contributed by atoms with van der Waals surface area (Å²) in [5, 5.41) is 12.4. The molecule has 102 valence electrons. The first-order chi connectivity index (χ1) is 8.72. The molecule has 0 spiro atoms. The van der Waals surface area contributed by atoms with Gasteiger partial charge in [-0.25, -0.2) is 0 Å². The Labute approximate surface area is 118 Å². The van der Waals surface area contributed by atoms with Gasteiger partial charge in [0.25, 0.3) is 0 Å². The van der Waals surface area contributed by atoms with Gasteiger partial charge in [-0.1, -0.05) is 28.9 Å². The minimum Gasteiger partial charge on any atom is -0.395 e. The lowest BCUT2D eigenvalue weighted by Crippen LogP contribution is -2.26. The molecule has 0 saturated heterocycles. The van der Waals surface area contributed by atoms with Gasteiger partial charge in [0.1, 0.15) is 0 Å². The van der Waals surface area contributed by atoms with Gasteiger partial charge in [0.15, 0.2) is 0 Å². The summed E-state index contributed by atoms with van der Waals surface area (Å²) < 4.78 is 1.12. The zero-order valence-corrected chi connectivity index (χ0v) is 12.8. The van der Waals surface area contributed by atoms with E-state index in [0.717, 1.165) is 36.2 Å². The number of aliphatic hydroxyl groups excluding tert-OH is 1. The van der Waals surface area contributed by atoms with E-state index in [4.69, 9.17) is 5.11 Å². The fourth-order valence-corrected chi connectivity index (χ4v) is 2.37. The predicted octanol–water partition coefficient (Wildman–Crippen LogP) is 2.77. The lowest BCUT2D eigenvalue weighted by molar-refractivity contribution is 0.302. The summed E-state index contributed by atoms with van der Waals surface area (Å²) in [4.78, 5) is 2.16. The number of likely N-dealkylation sites (N-methyl/N-ethyl adjacent to an activating group) is 1. The van der Waals surface area contributed by atoms with Crippen molar-refractivity contribution in [3.05, 3.63) is 28.2 Å². The van der Waals surface area contributed by atoms with Gasteiger partial charge in [0.2, 0.25) is 0 Å². The number of nitrogens with zero attached hydrogens (tertiary/aromatic N) is 1. The minimum absolute atomic E-state index is 0.186. The first-order valence-electron chi connectivity index (χ1n) is 6.57. The second kappa shape index (κ2) is 8.51. The molecule has 0 aliphatic carbocycles. The van der Waals surface area contributed by atoms with Gasteiger partial charge in [-0.15, -0.1) is 0 Å². The van der Waals surface area contributed by atoms with Gasteiger partial charge in [-0.2, -0.15) is 0 Å². The summed E-state index contributed by atoms with van der Waals surface area (Å²) in [6.45, 7) is 7.96. The highest BCUT2D eigenvalue weighted by atomic mass is 79.9. The maximum atomic E-state index is 9.03. The Bertz CT molecular complexity index is 358. The molecule has 1 rings (SSSR count). The van der Waals surface area contributed by atoms with E-state index < -0.39 is 0 Å². The first kappa shape index (κ1) is 15.5. The average molecular weight is 315 g/mol. The van der Waals surface area contributed by atoms with Crippen LogP contribution < -0.4 is 10.2 Å². The average Bonchev–Trinajstić information content (AvgIpc) is 2.38. The number of halogens is 1. The predicted molar refractivity (Wildman–Crippen MR) is 81.1 cm³/mol. The number of nitrogens with one attached hydrogen (secondary N) is 1. The zero-order chi connectivity index (χ0) is 13.4. The minimum atomic E-state index is 0.186. The summed E-state index contributed by atoms with van der Waals surface area (Å²) in [5.74, 6) is 0. The molecule has 0 heterocycles. The van der Waals surface area contributed by atoms with E-state index in [1.54, 1.807) is 0 Å². The molecule has 0 aliphatic rings. The fraction of sp³-hybridized carbons (Fsp3) is 0.571. The molecule has 0 aliphatic heterocycles. The highest BCUT2D eigenvalue weighted by Crippen LogP contribution is 2.24. The van der Waals surface area contributed by atoms with Crippen LogP contribution in [0.1, 0.15) is 25.8 Å². The van der Waals surface area contributed by atoms with Crippen LogP contribution in [0.2, 0.25) is 0 Å². The molecule has 0 aromatic heterocycles. The molecule has 1 aromatic carbocycles. The van der Waals surface area contributed by atoms with E-state index in [1.807, 2.05) is 0 Å². The van der Waals surface area contributed by atoms with Crippen LogP contribution in [0.4, 0.5) is 5.69 Å². The third-order valence-electron chi connectivity index (χ3n) is 2.90. The highest BCUT2D eigenvalue weighted by Gasteiger charge is 2.06. The van der Waals surface area contributed by atoms with Crippen molar-refractivity contribution >= 4 is 21.6 Å². The van der Waals surface area contributed by atoms with Crippen molar-refractivity contribution in [2.45, 2.75) is 26.8 Å². The Hall–Kier alpha value is -0.580. The van der Waals surface area contributed by atoms with Crippen LogP contribution in [0.15, 0.2) is 22.7 Å². The van der Waals surface area contributed by atoms with Crippen LogP contribution in [0.3, 0.4) is 0 Å². The molecule has 0 amide bonds. The third-order valence-corrected chi connectivity index (χ3v) is 3.63. The first-order valence-corrected chi connectivity index (χ1v) is 7.37. The summed E-state index contributed by atoms with van der Waals surface area (Å²) in [6, 6.07) is 6.39. The number of anilines is 1. The van der Waals surface area contributed by atoms with Crippen molar-refractivity contribution in [2.24, 2.45) is 0 Å². The Morgan fingerprint density at radius 2 is 2.11 bits per heavy atom. The van der Waals surface area contributed by atoms with Crippen LogP contribution in [0, 0.1) is 0 Å². The third kappa shape index (κ3) is 4.59. The van der Waals surface area contributed by atoms with Gasteiger partial charge in [-0.3, -0.25) is 0 Å². The van der Waals surface area contributed by atoms with E-state index in [1.165, 1.54) is 5.56 Å². The second-order valence-corrected chi connectivity index (χ2v) is 5.11. The lowest BCUT2D eigenvalue weighted by atomic mass is 10.2. The molecule has 1 aromatic rings. The lowest BCUT2D eigenvalue weighted by Gasteiger charge is -2.22. The molecule has 0 radical (unpaired) electrons. The normalized spacial score (nSPS) is 10.7. The van der Waals surface area contributed by atoms with Crippen molar-refractivity contribution < 1.29 is 5.11 Å². The second-order valence-electron chi connectivity index (χ2n) is 4.26. The van der Waals surface area contributed by atoms with Gasteiger partial charge in [-0.05, 0) is 37.6 Å². The van der Waals surface area contributed by atoms with Crippen LogP contribution in [-0.4, -0.2) is 31.3 Å². The molecule has 18 heavy (non-hydrogen) atoms. The van der Waals surface area contributed by atoms with Crippen molar-refractivity contribution in [1.29, 1.82) is 0 Å². The van der Waals surface area contributed by atoms with Crippen LogP contribution in [0.5, 0.6) is 0 Å². The molecular weight excluding hydrogens is 292 g/mol. The smallest absolute Gasteiger partial charge is 0.0606 e. The van der Waals surface area contributed by atoms with Crippen LogP contribution in [-0.2, 0) is 6.54 Å². The highest BCUT2D eigenvalue weighted by molar-refractivity contribution is 9.10. The van der Waals surface area contributed by atoms with E-state index in [-0.39, 0.29) is 6.61 Å². The Morgan fingerprint density at radius 3 is 2.67 bits per heavy atom. The van der Waals surface area contributed by atoms with E-state index in [2.05, 4.69) is 58.2 Å². The summed E-state index contributed by atoms with van der Waals surface area (Å²) >= 11 is 3.62. The number of hydrogen-bond donors (Lipinski definition) is 2. The van der Waals surface area contributed by atoms with Crippen molar-refractivity contribution in [1.82, 2.24) is 5.32 Å². The molecule has 0 saturated carbocycles. The molecule has 4 heteroatoms.